The van der Waals surface area contributed by atoms with Gasteiger partial charge >= 0.3 is 5.97 Å². The Morgan fingerprint density at radius 1 is 0.634 bits per heavy atom. The van der Waals surface area contributed by atoms with Gasteiger partial charge in [0.05, 0.1) is 12.2 Å². The Kier molecular flexibility index (Phi) is 25.2. The number of aliphatic hydroxyl groups excluding tert-OH is 2. The van der Waals surface area contributed by atoms with E-state index < -0.39 is 12.2 Å². The molecule has 0 aromatic heterocycles. The van der Waals surface area contributed by atoms with Crippen LogP contribution in [0.5, 0.6) is 0 Å². The highest BCUT2D eigenvalue weighted by Crippen LogP contribution is 2.20. The molecule has 1 aliphatic heterocycles. The molecule has 3 atom stereocenters. The van der Waals surface area contributed by atoms with Crippen LogP contribution >= 0.6 is 0 Å². The van der Waals surface area contributed by atoms with E-state index in [-0.39, 0.29) is 12.1 Å². The number of hydrogen-bond donors (Lipinski definition) is 2. The van der Waals surface area contributed by atoms with E-state index in [1.807, 2.05) is 13.0 Å². The summed E-state index contributed by atoms with van der Waals surface area (Å²) in [5.74, 6) is -0.130. The summed E-state index contributed by atoms with van der Waals surface area (Å²) in [6.07, 6.45) is 39.2. The summed E-state index contributed by atoms with van der Waals surface area (Å²) in [7, 11) is 0. The first-order valence-electron chi connectivity index (χ1n) is 17.6. The molecule has 0 fully saturated rings. The first kappa shape index (κ1) is 37.6. The lowest BCUT2D eigenvalue weighted by Gasteiger charge is -2.17. The van der Waals surface area contributed by atoms with Crippen molar-refractivity contribution in [3.63, 3.8) is 0 Å². The quantitative estimate of drug-likeness (QED) is 0.0530. The van der Waals surface area contributed by atoms with Crippen molar-refractivity contribution in [2.75, 3.05) is 0 Å². The van der Waals surface area contributed by atoms with E-state index >= 15 is 0 Å². The van der Waals surface area contributed by atoms with Crippen LogP contribution < -0.4 is 0 Å². The standard InChI is InChI=1S/C37H66O4/c1-3-4-5-6-7-8-9-10-11-12-13-14-15-16-17-21-24-27-30-35(38)36(39)31-28-25-22-19-18-20-23-26-29-34-32-33(2)41-37(34)40/h14-15,21,24,32-33,35-36,38-39H,3-13,16-20,22-23,25-31H2,1-2H3/b15-14-,24-21-/t33-,35-,36+/m1/s1. The number of ether oxygens (including phenoxy) is 1. The van der Waals surface area contributed by atoms with Gasteiger partial charge in [0.1, 0.15) is 6.10 Å². The maximum absolute atomic E-state index is 11.6. The Morgan fingerprint density at radius 3 is 1.66 bits per heavy atom. The van der Waals surface area contributed by atoms with Crippen LogP contribution in [0.1, 0.15) is 174 Å². The fraction of sp³-hybridized carbons (Fsp3) is 0.811. The van der Waals surface area contributed by atoms with Gasteiger partial charge in [-0.3, -0.25) is 0 Å². The summed E-state index contributed by atoms with van der Waals surface area (Å²) >= 11 is 0. The zero-order valence-electron chi connectivity index (χ0n) is 27.0. The van der Waals surface area contributed by atoms with Crippen LogP contribution in [0.15, 0.2) is 36.0 Å². The van der Waals surface area contributed by atoms with Crippen molar-refractivity contribution >= 4 is 5.97 Å². The number of allylic oxidation sites excluding steroid dienone is 4. The van der Waals surface area contributed by atoms with Gasteiger partial charge in [-0.25, -0.2) is 4.79 Å². The Balaban J connectivity index is 1.83. The Labute approximate surface area is 254 Å². The van der Waals surface area contributed by atoms with Gasteiger partial charge in [-0.15, -0.1) is 0 Å². The van der Waals surface area contributed by atoms with Crippen LogP contribution in [-0.2, 0) is 9.53 Å². The molecule has 0 aromatic rings. The third-order valence-corrected chi connectivity index (χ3v) is 8.32. The number of aliphatic hydroxyl groups is 2. The number of carbonyl (C=O) groups excluding carboxylic acids is 1. The zero-order chi connectivity index (χ0) is 29.8. The average molecular weight is 575 g/mol. The number of esters is 1. The van der Waals surface area contributed by atoms with E-state index in [2.05, 4.69) is 31.2 Å². The largest absolute Gasteiger partial charge is 0.455 e. The molecule has 0 bridgehead atoms. The number of hydrogen-bond acceptors (Lipinski definition) is 4. The summed E-state index contributed by atoms with van der Waals surface area (Å²) < 4.78 is 5.13. The van der Waals surface area contributed by atoms with Gasteiger partial charge in [0, 0.05) is 5.57 Å². The van der Waals surface area contributed by atoms with Crippen molar-refractivity contribution in [3.8, 4) is 0 Å². The molecule has 1 rings (SSSR count). The first-order chi connectivity index (χ1) is 20.0. The van der Waals surface area contributed by atoms with Gasteiger partial charge in [-0.1, -0.05) is 134 Å². The number of carbonyl (C=O) groups is 1. The van der Waals surface area contributed by atoms with E-state index in [1.54, 1.807) is 0 Å². The molecular formula is C37H66O4. The number of rotatable bonds is 29. The second-order valence-electron chi connectivity index (χ2n) is 12.4. The monoisotopic (exact) mass is 574 g/mol. The highest BCUT2D eigenvalue weighted by molar-refractivity contribution is 5.90. The molecule has 41 heavy (non-hydrogen) atoms. The van der Waals surface area contributed by atoms with Crippen molar-refractivity contribution < 1.29 is 19.7 Å². The van der Waals surface area contributed by atoms with Gasteiger partial charge in [0.25, 0.3) is 0 Å². The minimum atomic E-state index is -0.615. The van der Waals surface area contributed by atoms with Crippen LogP contribution in [0, 0.1) is 0 Å². The van der Waals surface area contributed by atoms with E-state index in [9.17, 15) is 15.0 Å². The van der Waals surface area contributed by atoms with Gasteiger partial charge < -0.3 is 14.9 Å². The molecule has 0 saturated carbocycles. The van der Waals surface area contributed by atoms with E-state index in [1.165, 1.54) is 96.3 Å². The molecule has 0 amide bonds. The summed E-state index contributed by atoms with van der Waals surface area (Å²) in [4.78, 5) is 11.6. The van der Waals surface area contributed by atoms with Crippen LogP contribution in [0.25, 0.3) is 0 Å². The van der Waals surface area contributed by atoms with Crippen molar-refractivity contribution in [3.05, 3.63) is 36.0 Å². The van der Waals surface area contributed by atoms with Crippen molar-refractivity contribution in [1.29, 1.82) is 0 Å². The van der Waals surface area contributed by atoms with Crippen LogP contribution in [0.4, 0.5) is 0 Å². The normalized spacial score (nSPS) is 17.0. The van der Waals surface area contributed by atoms with E-state index in [0.717, 1.165) is 56.9 Å². The van der Waals surface area contributed by atoms with Gasteiger partial charge in [0.15, 0.2) is 0 Å². The SMILES string of the molecule is CCCCCCCCCCCC/C=C\CC/C=C\CC[C@@H](O)[C@@H](O)CCCCCCCCCCC1=C[C@@H](C)OC1=O. The number of unbranched alkanes of at least 4 members (excludes halogenated alkanes) is 18. The maximum atomic E-state index is 11.6. The summed E-state index contributed by atoms with van der Waals surface area (Å²) in [5, 5.41) is 20.5. The lowest BCUT2D eigenvalue weighted by atomic mass is 10.0. The molecule has 4 nitrogen and oxygen atoms in total. The zero-order valence-corrected chi connectivity index (χ0v) is 27.0. The van der Waals surface area contributed by atoms with Crippen LogP contribution in [-0.4, -0.2) is 34.5 Å². The highest BCUT2D eigenvalue weighted by atomic mass is 16.5. The average Bonchev–Trinajstić information content (AvgIpc) is 3.29. The third-order valence-electron chi connectivity index (χ3n) is 8.32. The van der Waals surface area contributed by atoms with E-state index in [4.69, 9.17) is 4.74 Å². The minimum absolute atomic E-state index is 0.0552. The fourth-order valence-corrected chi connectivity index (χ4v) is 5.61. The van der Waals surface area contributed by atoms with Crippen LogP contribution in [0.3, 0.4) is 0 Å². The molecule has 1 aliphatic rings. The molecule has 0 spiro atoms. The summed E-state index contributed by atoms with van der Waals surface area (Å²) in [6, 6.07) is 0. The maximum Gasteiger partial charge on any atom is 0.334 e. The predicted octanol–water partition coefficient (Wildman–Crippen LogP) is 10.5. The second-order valence-corrected chi connectivity index (χ2v) is 12.4. The molecule has 2 N–H and O–H groups in total. The molecule has 4 heteroatoms. The van der Waals surface area contributed by atoms with Gasteiger partial charge in [-0.2, -0.15) is 0 Å². The minimum Gasteiger partial charge on any atom is -0.455 e. The topological polar surface area (TPSA) is 66.8 Å². The predicted molar refractivity (Wildman–Crippen MR) is 175 cm³/mol. The lowest BCUT2D eigenvalue weighted by Crippen LogP contribution is -2.25. The molecule has 238 valence electrons. The molecule has 0 aromatic carbocycles. The first-order valence-corrected chi connectivity index (χ1v) is 17.6. The molecule has 0 unspecified atom stereocenters. The van der Waals surface area contributed by atoms with E-state index in [0.29, 0.717) is 12.8 Å². The van der Waals surface area contributed by atoms with Gasteiger partial charge in [0.2, 0.25) is 0 Å². The fourth-order valence-electron chi connectivity index (χ4n) is 5.61. The second kappa shape index (κ2) is 27.4. The molecule has 0 radical (unpaired) electrons. The molecule has 0 saturated heterocycles. The Bertz CT molecular complexity index is 695. The summed E-state index contributed by atoms with van der Waals surface area (Å²) in [5.41, 5.74) is 0.854. The smallest absolute Gasteiger partial charge is 0.334 e. The lowest BCUT2D eigenvalue weighted by molar-refractivity contribution is -0.139. The van der Waals surface area contributed by atoms with Crippen LogP contribution in [0.2, 0.25) is 0 Å². The van der Waals surface area contributed by atoms with Crippen molar-refractivity contribution in [1.82, 2.24) is 0 Å². The highest BCUT2D eigenvalue weighted by Gasteiger charge is 2.21. The Morgan fingerprint density at radius 2 is 1.10 bits per heavy atom. The third kappa shape index (κ3) is 22.8. The summed E-state index contributed by atoms with van der Waals surface area (Å²) in [6.45, 7) is 4.18. The van der Waals surface area contributed by atoms with Gasteiger partial charge in [-0.05, 0) is 70.8 Å². The number of cyclic esters (lactones) is 1. The molecule has 1 heterocycles. The van der Waals surface area contributed by atoms with Crippen molar-refractivity contribution in [2.45, 2.75) is 193 Å². The molecule has 0 aliphatic carbocycles. The molecular weight excluding hydrogens is 508 g/mol. The van der Waals surface area contributed by atoms with Crippen molar-refractivity contribution in [2.24, 2.45) is 0 Å². The Hall–Kier alpha value is -1.39.